The van der Waals surface area contributed by atoms with E-state index in [1.54, 1.807) is 12.1 Å². The van der Waals surface area contributed by atoms with Crippen LogP contribution in [0.3, 0.4) is 0 Å². The lowest BCUT2D eigenvalue weighted by atomic mass is 10.1. The summed E-state index contributed by atoms with van der Waals surface area (Å²) >= 11 is 0. The highest BCUT2D eigenvalue weighted by atomic mass is 31.3. The summed E-state index contributed by atoms with van der Waals surface area (Å²) < 4.78 is 66.0. The van der Waals surface area contributed by atoms with Crippen LogP contribution in [0.15, 0.2) is 64.4 Å². The highest BCUT2D eigenvalue weighted by molar-refractivity contribution is 7.66. The highest BCUT2D eigenvalue weighted by Crippen LogP contribution is 2.66. The molecule has 4 rings (SSSR count). The van der Waals surface area contributed by atoms with Crippen molar-refractivity contribution in [1.29, 1.82) is 0 Å². The van der Waals surface area contributed by atoms with Crippen LogP contribution in [0.1, 0.15) is 11.9 Å². The van der Waals surface area contributed by atoms with Crippen LogP contribution in [0.2, 0.25) is 0 Å². The summed E-state index contributed by atoms with van der Waals surface area (Å²) in [7, 11) is -17.0. The molecular weight excluding hydrogens is 646 g/mol. The lowest BCUT2D eigenvalue weighted by molar-refractivity contribution is -0.0547. The normalized spacial score (nSPS) is 23.5. The maximum atomic E-state index is 13.3. The van der Waals surface area contributed by atoms with E-state index in [9.17, 15) is 47.7 Å². The highest BCUT2D eigenvalue weighted by Gasteiger charge is 2.47. The lowest BCUT2D eigenvalue weighted by Crippen LogP contribution is -2.43. The van der Waals surface area contributed by atoms with E-state index in [1.165, 1.54) is 30.5 Å². The van der Waals surface area contributed by atoms with Gasteiger partial charge in [0.05, 0.1) is 18.8 Å². The van der Waals surface area contributed by atoms with Crippen molar-refractivity contribution in [3.63, 3.8) is 0 Å². The molecule has 0 aliphatic carbocycles. The molecule has 3 aromatic rings. The van der Waals surface area contributed by atoms with Gasteiger partial charge >= 0.3 is 29.2 Å². The molecule has 6 N–H and O–H groups in total. The van der Waals surface area contributed by atoms with Crippen LogP contribution in [0.4, 0.5) is 4.39 Å². The minimum Gasteiger partial charge on any atom is -0.387 e. The Morgan fingerprint density at radius 3 is 2.23 bits per heavy atom. The minimum absolute atomic E-state index is 0.264. The average molecular weight is 669 g/mol. The first kappa shape index (κ1) is 33.2. The monoisotopic (exact) mass is 669 g/mol. The molecule has 1 saturated heterocycles. The zero-order chi connectivity index (χ0) is 31.7. The quantitative estimate of drug-likeness (QED) is 0.149. The summed E-state index contributed by atoms with van der Waals surface area (Å²) in [6, 6.07) is 9.74. The van der Waals surface area contributed by atoms with E-state index in [1.807, 2.05) is 0 Å². The van der Waals surface area contributed by atoms with Gasteiger partial charge in [0.1, 0.15) is 24.1 Å². The number of hydrogen-bond acceptors (Lipinski definition) is 12. The number of phosphoric ester groups is 1. The molecule has 0 radical (unpaired) electrons. The van der Waals surface area contributed by atoms with Crippen LogP contribution >= 0.6 is 23.5 Å². The van der Waals surface area contributed by atoms with E-state index in [2.05, 4.69) is 18.1 Å². The van der Waals surface area contributed by atoms with E-state index in [0.717, 1.165) is 21.4 Å². The standard InChI is InChI=1S/C21H23FN3O15P3/c22-14-3-1-12(2-4-14)13-5-7-23-15(9-13)10-25-17(26)6-8-24(21(25)29)20-19(28)18(27)16(38-20)11-37-42(33,34)40-43(35,36)39-41(30,31)32/h1-9,16,18-20,27-28H,10-11H2,(H,33,34)(H,35,36)(H2,30,31,32)/t16-,18+,19+,20-/m1/s1. The molecule has 0 saturated carbocycles. The molecular formula is C21H23FN3O15P3. The van der Waals surface area contributed by atoms with Crippen LogP contribution in [-0.4, -0.2) is 68.8 Å². The van der Waals surface area contributed by atoms with Gasteiger partial charge in [-0.2, -0.15) is 8.62 Å². The van der Waals surface area contributed by atoms with Crippen molar-refractivity contribution in [2.75, 3.05) is 6.61 Å². The van der Waals surface area contributed by atoms with Crippen LogP contribution in [0, 0.1) is 5.82 Å². The fraction of sp³-hybridized carbons (Fsp3) is 0.286. The fourth-order valence-electron chi connectivity index (χ4n) is 3.99. The number of aromatic nitrogens is 3. The number of rotatable bonds is 11. The molecule has 18 nitrogen and oxygen atoms in total. The fourth-order valence-corrected chi connectivity index (χ4v) is 7.02. The maximum Gasteiger partial charge on any atom is 0.490 e. The van der Waals surface area contributed by atoms with Gasteiger partial charge in [0, 0.05) is 18.5 Å². The van der Waals surface area contributed by atoms with Gasteiger partial charge in [-0.25, -0.2) is 22.9 Å². The molecule has 0 spiro atoms. The second-order valence-electron chi connectivity index (χ2n) is 8.91. The molecule has 0 amide bonds. The van der Waals surface area contributed by atoms with Crippen molar-refractivity contribution in [1.82, 2.24) is 14.1 Å². The van der Waals surface area contributed by atoms with Gasteiger partial charge < -0.3 is 34.5 Å². The topological polar surface area (TPSA) is 266 Å². The molecule has 22 heteroatoms. The van der Waals surface area contributed by atoms with Gasteiger partial charge in [-0.05, 0) is 35.4 Å². The molecule has 0 bridgehead atoms. The van der Waals surface area contributed by atoms with Crippen molar-refractivity contribution in [2.24, 2.45) is 0 Å². The molecule has 43 heavy (non-hydrogen) atoms. The van der Waals surface area contributed by atoms with Crippen LogP contribution < -0.4 is 11.2 Å². The Morgan fingerprint density at radius 1 is 0.907 bits per heavy atom. The van der Waals surface area contributed by atoms with Gasteiger partial charge in [-0.15, -0.1) is 0 Å². The summed E-state index contributed by atoms with van der Waals surface area (Å²) in [5.74, 6) is -0.438. The third kappa shape index (κ3) is 8.47. The third-order valence-corrected chi connectivity index (χ3v) is 9.64. The molecule has 1 fully saturated rings. The zero-order valence-electron chi connectivity index (χ0n) is 21.3. The van der Waals surface area contributed by atoms with E-state index in [4.69, 9.17) is 14.5 Å². The van der Waals surface area contributed by atoms with Crippen molar-refractivity contribution in [3.05, 3.63) is 87.2 Å². The molecule has 1 aliphatic heterocycles. The van der Waals surface area contributed by atoms with E-state index >= 15 is 0 Å². The first-order chi connectivity index (χ1) is 19.9. The summed E-state index contributed by atoms with van der Waals surface area (Å²) in [5.41, 5.74) is -0.244. The van der Waals surface area contributed by atoms with Gasteiger partial charge in [0.25, 0.3) is 5.56 Å². The zero-order valence-corrected chi connectivity index (χ0v) is 24.0. The van der Waals surface area contributed by atoms with E-state index in [-0.39, 0.29) is 12.2 Å². The van der Waals surface area contributed by atoms with Gasteiger partial charge in [0.15, 0.2) is 6.23 Å². The molecule has 234 valence electrons. The maximum absolute atomic E-state index is 13.3. The van der Waals surface area contributed by atoms with Gasteiger partial charge in [0.2, 0.25) is 0 Å². The average Bonchev–Trinajstić information content (AvgIpc) is 3.17. The number of hydrogen-bond donors (Lipinski definition) is 6. The first-order valence-electron chi connectivity index (χ1n) is 11.8. The number of ether oxygens (including phenoxy) is 1. The second-order valence-corrected chi connectivity index (χ2v) is 13.3. The molecule has 1 aliphatic rings. The summed E-state index contributed by atoms with van der Waals surface area (Å²) in [6.07, 6.45) is -4.68. The number of benzene rings is 1. The first-order valence-corrected chi connectivity index (χ1v) is 16.3. The summed E-state index contributed by atoms with van der Waals surface area (Å²) in [4.78, 5) is 66.0. The number of aliphatic hydroxyl groups excluding tert-OH is 2. The number of halogens is 1. The van der Waals surface area contributed by atoms with E-state index in [0.29, 0.717) is 11.1 Å². The lowest BCUT2D eigenvalue weighted by Gasteiger charge is -2.19. The Hall–Kier alpha value is -2.73. The van der Waals surface area contributed by atoms with Crippen LogP contribution in [0.5, 0.6) is 0 Å². The second kappa shape index (κ2) is 12.7. The number of phosphoric acid groups is 3. The summed E-state index contributed by atoms with van der Waals surface area (Å²) in [5, 5.41) is 20.9. The molecule has 1 aromatic carbocycles. The predicted octanol–water partition coefficient (Wildman–Crippen LogP) is 0.222. The van der Waals surface area contributed by atoms with Crippen molar-refractivity contribution < 1.29 is 65.8 Å². The third-order valence-electron chi connectivity index (χ3n) is 5.84. The minimum atomic E-state index is -5.80. The van der Waals surface area contributed by atoms with Gasteiger partial charge in [-0.1, -0.05) is 12.1 Å². The number of pyridine rings is 1. The SMILES string of the molecule is O=c1ccn([C@@H]2O[C@H](COP(=O)(O)OP(=O)(O)OP(=O)(O)O)[C@H](O)[C@@H]2O)c(=O)n1Cc1cc(-c2ccc(F)cc2)ccn1. The number of nitrogens with zero attached hydrogens (tertiary/aromatic N) is 3. The largest absolute Gasteiger partial charge is 0.490 e. The Bertz CT molecular complexity index is 1740. The van der Waals surface area contributed by atoms with Crippen LogP contribution in [0.25, 0.3) is 11.1 Å². The van der Waals surface area contributed by atoms with E-state index < -0.39 is 71.7 Å². The molecule has 6 atom stereocenters. The molecule has 3 heterocycles. The Balaban J connectivity index is 1.50. The summed E-state index contributed by atoms with van der Waals surface area (Å²) in [6.45, 7) is -1.44. The predicted molar refractivity (Wildman–Crippen MR) is 139 cm³/mol. The number of aliphatic hydroxyl groups is 2. The van der Waals surface area contributed by atoms with Crippen molar-refractivity contribution in [3.8, 4) is 11.1 Å². The Morgan fingerprint density at radius 2 is 1.58 bits per heavy atom. The van der Waals surface area contributed by atoms with Crippen molar-refractivity contribution >= 4 is 23.5 Å². The van der Waals surface area contributed by atoms with Crippen molar-refractivity contribution in [2.45, 2.75) is 31.1 Å². The Kier molecular flexibility index (Phi) is 9.80. The molecule has 2 unspecified atom stereocenters. The smallest absolute Gasteiger partial charge is 0.387 e. The Labute approximate surface area is 239 Å². The van der Waals surface area contributed by atoms with Crippen LogP contribution in [-0.2, 0) is 38.1 Å². The van der Waals surface area contributed by atoms with Gasteiger partial charge in [-0.3, -0.25) is 23.4 Å². The molecule has 2 aromatic heterocycles.